The number of hydrogen-bond acceptors (Lipinski definition) is 12. The first-order valence-corrected chi connectivity index (χ1v) is 18.1. The Morgan fingerprint density at radius 1 is 0.651 bits per heavy atom. The Morgan fingerprint density at radius 3 is 1.79 bits per heavy atom. The van der Waals surface area contributed by atoms with Crippen LogP contribution in [0.5, 0.6) is 34.5 Å². The number of ether oxygens (including phenoxy) is 3. The number of halogens is 1. The van der Waals surface area contributed by atoms with E-state index in [1.165, 1.54) is 56.7 Å². The van der Waals surface area contributed by atoms with Gasteiger partial charge in [0.1, 0.15) is 18.1 Å². The molecule has 0 spiro atoms. The maximum atomic E-state index is 12.4. The topological polar surface area (TPSA) is 158 Å². The molecule has 0 aromatic heterocycles. The zero-order valence-corrected chi connectivity index (χ0v) is 26.9. The first-order chi connectivity index (χ1) is 20.0. The number of hydrogen-bond donors (Lipinski definition) is 0. The molecule has 12 nitrogen and oxygen atoms in total. The Labute approximate surface area is 256 Å². The van der Waals surface area contributed by atoms with Crippen LogP contribution >= 0.6 is 11.6 Å². The summed E-state index contributed by atoms with van der Waals surface area (Å²) >= 11 is 5.63. The fourth-order valence-corrected chi connectivity index (χ4v) is 5.35. The van der Waals surface area contributed by atoms with Crippen molar-refractivity contribution in [1.29, 1.82) is 0 Å². The molecule has 0 fully saturated rings. The Bertz CT molecular complexity index is 1820. The lowest BCUT2D eigenvalue weighted by Gasteiger charge is -2.21. The second kappa shape index (κ2) is 13.8. The molecule has 3 aromatic carbocycles. The molecule has 0 N–H and O–H groups in total. The van der Waals surface area contributed by atoms with Gasteiger partial charge in [0.2, 0.25) is 0 Å². The van der Waals surface area contributed by atoms with Crippen molar-refractivity contribution in [1.82, 2.24) is 0 Å². The third kappa shape index (κ3) is 9.68. The summed E-state index contributed by atoms with van der Waals surface area (Å²) in [4.78, 5) is 0. The van der Waals surface area contributed by atoms with Gasteiger partial charge < -0.3 is 26.8 Å². The minimum Gasteiger partial charge on any atom is -0.496 e. The van der Waals surface area contributed by atoms with E-state index in [1.54, 1.807) is 18.2 Å². The standard InChI is InChI=1S/C27H29ClO12S3/c1-35-24-17-21(18-8-11-20(12-9-18)38-41(3,29)30)26(36-2)27(40-43(5,33)34)25(24)19-10-13-22(37-15-7-6-14-28)23(16-19)39-42(4,31)32/h6-13,16-17H,14-15H2,1-5H3/b7-6+. The number of alkyl halides is 1. The molecular weight excluding hydrogens is 648 g/mol. The first kappa shape index (κ1) is 33.8. The number of benzene rings is 3. The SMILES string of the molecule is COc1cc(-c2ccc(OS(C)(=O)=O)cc2)c(OC)c(OS(C)(=O)=O)c1-c1ccc(OC/C=C/CCl)c(OS(C)(=O)=O)c1. The van der Waals surface area contributed by atoms with E-state index in [2.05, 4.69) is 0 Å². The predicted octanol–water partition coefficient (Wildman–Crippen LogP) is 4.23. The summed E-state index contributed by atoms with van der Waals surface area (Å²) in [5.74, 6) is 0.0492. The molecule has 0 amide bonds. The van der Waals surface area contributed by atoms with Gasteiger partial charge in [0.15, 0.2) is 23.0 Å². The Hall–Kier alpha value is -3.66. The summed E-state index contributed by atoms with van der Waals surface area (Å²) in [5.41, 5.74) is 1.12. The summed E-state index contributed by atoms with van der Waals surface area (Å²) in [6, 6.07) is 11.7. The van der Waals surface area contributed by atoms with E-state index in [1.807, 2.05) is 0 Å². The van der Waals surface area contributed by atoms with E-state index in [9.17, 15) is 25.3 Å². The van der Waals surface area contributed by atoms with Crippen molar-refractivity contribution < 1.29 is 52.0 Å². The van der Waals surface area contributed by atoms with Crippen molar-refractivity contribution in [2.45, 2.75) is 0 Å². The molecule has 0 saturated heterocycles. The number of rotatable bonds is 14. The lowest BCUT2D eigenvalue weighted by atomic mass is 9.96. The monoisotopic (exact) mass is 676 g/mol. The molecule has 0 aliphatic rings. The molecule has 0 unspecified atom stereocenters. The lowest BCUT2D eigenvalue weighted by molar-refractivity contribution is 0.348. The molecule has 16 heteroatoms. The van der Waals surface area contributed by atoms with Gasteiger partial charge in [0, 0.05) is 11.4 Å². The maximum absolute atomic E-state index is 12.4. The van der Waals surface area contributed by atoms with Gasteiger partial charge in [0.05, 0.1) is 38.6 Å². The third-order valence-corrected chi connectivity index (χ3v) is 6.96. The van der Waals surface area contributed by atoms with Gasteiger partial charge in [-0.3, -0.25) is 0 Å². The van der Waals surface area contributed by atoms with Crippen LogP contribution in [-0.2, 0) is 30.4 Å². The van der Waals surface area contributed by atoms with E-state index in [0.29, 0.717) is 11.1 Å². The molecule has 0 bridgehead atoms. The predicted molar refractivity (Wildman–Crippen MR) is 162 cm³/mol. The largest absolute Gasteiger partial charge is 0.496 e. The van der Waals surface area contributed by atoms with E-state index in [4.69, 9.17) is 38.4 Å². The minimum atomic E-state index is -4.15. The summed E-state index contributed by atoms with van der Waals surface area (Å²) < 4.78 is 104. The quantitative estimate of drug-likeness (QED) is 0.136. The van der Waals surface area contributed by atoms with Crippen LogP contribution in [0, 0.1) is 0 Å². The highest BCUT2D eigenvalue weighted by Gasteiger charge is 2.27. The van der Waals surface area contributed by atoms with E-state index in [-0.39, 0.29) is 58.1 Å². The molecule has 0 heterocycles. The summed E-state index contributed by atoms with van der Waals surface area (Å²) in [6.07, 6.45) is 5.89. The second-order valence-electron chi connectivity index (χ2n) is 8.85. The van der Waals surface area contributed by atoms with Gasteiger partial charge >= 0.3 is 30.4 Å². The fourth-order valence-electron chi connectivity index (χ4n) is 3.84. The van der Waals surface area contributed by atoms with Gasteiger partial charge in [-0.2, -0.15) is 25.3 Å². The van der Waals surface area contributed by atoms with Crippen LogP contribution in [0.1, 0.15) is 0 Å². The fraction of sp³-hybridized carbons (Fsp3) is 0.259. The average molecular weight is 677 g/mol. The Kier molecular flexibility index (Phi) is 10.8. The van der Waals surface area contributed by atoms with Crippen LogP contribution in [0.3, 0.4) is 0 Å². The van der Waals surface area contributed by atoms with Crippen LogP contribution in [0.25, 0.3) is 22.3 Å². The summed E-state index contributed by atoms with van der Waals surface area (Å²) in [6.45, 7) is 0.0640. The molecule has 0 saturated carbocycles. The highest BCUT2D eigenvalue weighted by atomic mass is 35.5. The molecule has 43 heavy (non-hydrogen) atoms. The molecule has 3 rings (SSSR count). The lowest BCUT2D eigenvalue weighted by Crippen LogP contribution is -2.10. The van der Waals surface area contributed by atoms with E-state index < -0.39 is 30.4 Å². The van der Waals surface area contributed by atoms with Crippen molar-refractivity contribution in [2.24, 2.45) is 0 Å². The van der Waals surface area contributed by atoms with Crippen molar-refractivity contribution in [2.75, 3.05) is 45.5 Å². The molecular formula is C27H29ClO12S3. The molecule has 0 radical (unpaired) electrons. The summed E-state index contributed by atoms with van der Waals surface area (Å²) in [5, 5.41) is 0. The summed E-state index contributed by atoms with van der Waals surface area (Å²) in [7, 11) is -9.28. The third-order valence-electron chi connectivity index (χ3n) is 5.34. The van der Waals surface area contributed by atoms with Crippen LogP contribution in [-0.4, -0.2) is 70.7 Å². The maximum Gasteiger partial charge on any atom is 0.306 e. The van der Waals surface area contributed by atoms with Crippen LogP contribution in [0.4, 0.5) is 0 Å². The minimum absolute atomic E-state index is 0.0184. The Balaban J connectivity index is 2.29. The molecule has 0 atom stereocenters. The number of methoxy groups -OCH3 is 2. The molecule has 3 aromatic rings. The van der Waals surface area contributed by atoms with Gasteiger partial charge in [-0.05, 0) is 41.5 Å². The van der Waals surface area contributed by atoms with Crippen molar-refractivity contribution in [3.63, 3.8) is 0 Å². The normalized spacial score (nSPS) is 12.1. The molecule has 234 valence electrons. The molecule has 0 aliphatic heterocycles. The van der Waals surface area contributed by atoms with Gasteiger partial charge in [-0.15, -0.1) is 11.6 Å². The second-order valence-corrected chi connectivity index (χ2v) is 13.9. The first-order valence-electron chi connectivity index (χ1n) is 12.1. The van der Waals surface area contributed by atoms with Crippen molar-refractivity contribution in [3.8, 4) is 56.8 Å². The smallest absolute Gasteiger partial charge is 0.306 e. The van der Waals surface area contributed by atoms with Gasteiger partial charge in [-0.25, -0.2) is 0 Å². The highest BCUT2D eigenvalue weighted by Crippen LogP contribution is 2.51. The van der Waals surface area contributed by atoms with Gasteiger partial charge in [-0.1, -0.05) is 30.4 Å². The van der Waals surface area contributed by atoms with Crippen LogP contribution in [0.15, 0.2) is 60.7 Å². The zero-order chi connectivity index (χ0) is 32.0. The highest BCUT2D eigenvalue weighted by molar-refractivity contribution is 7.86. The molecule has 0 aliphatic carbocycles. The van der Waals surface area contributed by atoms with E-state index >= 15 is 0 Å². The zero-order valence-electron chi connectivity index (χ0n) is 23.7. The number of allylic oxidation sites excluding steroid dienone is 1. The van der Waals surface area contributed by atoms with Crippen molar-refractivity contribution >= 4 is 42.0 Å². The van der Waals surface area contributed by atoms with Gasteiger partial charge in [0.25, 0.3) is 0 Å². The van der Waals surface area contributed by atoms with Crippen LogP contribution < -0.4 is 26.8 Å². The Morgan fingerprint density at radius 2 is 1.26 bits per heavy atom. The van der Waals surface area contributed by atoms with Crippen molar-refractivity contribution in [3.05, 3.63) is 60.7 Å². The average Bonchev–Trinajstić information content (AvgIpc) is 2.89. The van der Waals surface area contributed by atoms with E-state index in [0.717, 1.165) is 18.8 Å². The van der Waals surface area contributed by atoms with Crippen LogP contribution in [0.2, 0.25) is 0 Å².